The fourth-order valence-corrected chi connectivity index (χ4v) is 1.69. The SMILES string of the molecule is COc1ccc(CC(=O)NNC(=O)/C=C/c2ccco2)cc1. The van der Waals surface area contributed by atoms with Gasteiger partial charge in [-0.2, -0.15) is 0 Å². The van der Waals surface area contributed by atoms with Crippen molar-refractivity contribution >= 4 is 17.9 Å². The number of benzene rings is 1. The van der Waals surface area contributed by atoms with Crippen LogP contribution in [0.5, 0.6) is 5.75 Å². The second-order valence-corrected chi connectivity index (χ2v) is 4.41. The Morgan fingerprint density at radius 3 is 2.59 bits per heavy atom. The maximum Gasteiger partial charge on any atom is 0.262 e. The van der Waals surface area contributed by atoms with Gasteiger partial charge in [0.25, 0.3) is 5.91 Å². The highest BCUT2D eigenvalue weighted by atomic mass is 16.5. The van der Waals surface area contributed by atoms with Crippen LogP contribution in [0, 0.1) is 0 Å². The van der Waals surface area contributed by atoms with E-state index in [9.17, 15) is 9.59 Å². The fourth-order valence-electron chi connectivity index (χ4n) is 1.69. The molecule has 0 aliphatic rings. The van der Waals surface area contributed by atoms with Crippen molar-refractivity contribution < 1.29 is 18.7 Å². The number of hydrazine groups is 1. The maximum atomic E-state index is 11.7. The van der Waals surface area contributed by atoms with E-state index in [0.717, 1.165) is 11.3 Å². The first kappa shape index (κ1) is 15.4. The highest BCUT2D eigenvalue weighted by Crippen LogP contribution is 2.11. The van der Waals surface area contributed by atoms with E-state index >= 15 is 0 Å². The van der Waals surface area contributed by atoms with Crippen LogP contribution in [0.4, 0.5) is 0 Å². The predicted octanol–water partition coefficient (Wildman–Crippen LogP) is 1.69. The molecule has 6 nitrogen and oxygen atoms in total. The van der Waals surface area contributed by atoms with Gasteiger partial charge in [-0.05, 0) is 35.9 Å². The molecule has 2 rings (SSSR count). The first-order valence-corrected chi connectivity index (χ1v) is 6.60. The summed E-state index contributed by atoms with van der Waals surface area (Å²) in [5.41, 5.74) is 5.45. The summed E-state index contributed by atoms with van der Waals surface area (Å²) in [6, 6.07) is 10.6. The Morgan fingerprint density at radius 2 is 1.95 bits per heavy atom. The van der Waals surface area contributed by atoms with Crippen molar-refractivity contribution in [2.75, 3.05) is 7.11 Å². The molecule has 6 heteroatoms. The van der Waals surface area contributed by atoms with Gasteiger partial charge in [-0.3, -0.25) is 20.4 Å². The molecule has 0 fully saturated rings. The Balaban J connectivity index is 1.75. The summed E-state index contributed by atoms with van der Waals surface area (Å²) in [5, 5.41) is 0. The lowest BCUT2D eigenvalue weighted by Gasteiger charge is -2.06. The van der Waals surface area contributed by atoms with Crippen LogP contribution in [0.3, 0.4) is 0 Å². The first-order valence-electron chi connectivity index (χ1n) is 6.60. The molecule has 1 aromatic carbocycles. The Kier molecular flexibility index (Phi) is 5.37. The van der Waals surface area contributed by atoms with E-state index in [1.54, 1.807) is 43.5 Å². The third kappa shape index (κ3) is 4.82. The van der Waals surface area contributed by atoms with E-state index in [1.807, 2.05) is 0 Å². The van der Waals surface area contributed by atoms with E-state index in [2.05, 4.69) is 10.9 Å². The minimum Gasteiger partial charge on any atom is -0.497 e. The van der Waals surface area contributed by atoms with Crippen LogP contribution in [0.2, 0.25) is 0 Å². The zero-order valence-electron chi connectivity index (χ0n) is 12.0. The minimum atomic E-state index is -0.445. The minimum absolute atomic E-state index is 0.159. The van der Waals surface area contributed by atoms with Crippen molar-refractivity contribution in [2.45, 2.75) is 6.42 Å². The van der Waals surface area contributed by atoms with Crippen molar-refractivity contribution in [2.24, 2.45) is 0 Å². The molecule has 2 N–H and O–H groups in total. The fraction of sp³-hybridized carbons (Fsp3) is 0.125. The number of hydrogen-bond acceptors (Lipinski definition) is 4. The standard InChI is InChI=1S/C16H16N2O4/c1-21-13-6-4-12(5-7-13)11-16(20)18-17-15(19)9-8-14-3-2-10-22-14/h2-10H,11H2,1H3,(H,17,19)(H,18,20)/b9-8+. The van der Waals surface area contributed by atoms with E-state index in [0.29, 0.717) is 5.76 Å². The number of rotatable bonds is 5. The van der Waals surface area contributed by atoms with E-state index < -0.39 is 5.91 Å². The molecule has 1 heterocycles. The average Bonchev–Trinajstić information content (AvgIpc) is 3.05. The summed E-state index contributed by atoms with van der Waals surface area (Å²) in [6.07, 6.45) is 4.44. The number of hydrogen-bond donors (Lipinski definition) is 2. The largest absolute Gasteiger partial charge is 0.497 e. The van der Waals surface area contributed by atoms with Crippen molar-refractivity contribution in [1.29, 1.82) is 0 Å². The second kappa shape index (κ2) is 7.68. The quantitative estimate of drug-likeness (QED) is 0.650. The van der Waals surface area contributed by atoms with Gasteiger partial charge < -0.3 is 9.15 Å². The molecule has 0 radical (unpaired) electrons. The average molecular weight is 300 g/mol. The van der Waals surface area contributed by atoms with Crippen LogP contribution in [0.25, 0.3) is 6.08 Å². The van der Waals surface area contributed by atoms with Crippen LogP contribution < -0.4 is 15.6 Å². The molecule has 1 aromatic heterocycles. The highest BCUT2D eigenvalue weighted by Gasteiger charge is 2.04. The van der Waals surface area contributed by atoms with Crippen LogP contribution in [0.1, 0.15) is 11.3 Å². The van der Waals surface area contributed by atoms with Gasteiger partial charge in [0.2, 0.25) is 5.91 Å². The zero-order chi connectivity index (χ0) is 15.8. The van der Waals surface area contributed by atoms with Gasteiger partial charge in [-0.25, -0.2) is 0 Å². The summed E-state index contributed by atoms with van der Waals surface area (Å²) < 4.78 is 10.1. The topological polar surface area (TPSA) is 80.6 Å². The Labute approximate surface area is 127 Å². The van der Waals surface area contributed by atoms with E-state index in [-0.39, 0.29) is 12.3 Å². The van der Waals surface area contributed by atoms with Crippen LogP contribution >= 0.6 is 0 Å². The summed E-state index contributed by atoms with van der Waals surface area (Å²) in [4.78, 5) is 23.2. The molecule has 0 atom stereocenters. The number of amides is 2. The number of methoxy groups -OCH3 is 1. The van der Waals surface area contributed by atoms with Gasteiger partial charge in [0.15, 0.2) is 0 Å². The van der Waals surface area contributed by atoms with Gasteiger partial charge in [0.1, 0.15) is 11.5 Å². The number of carbonyl (C=O) groups is 2. The molecule has 2 aromatic rings. The smallest absolute Gasteiger partial charge is 0.262 e. The number of carbonyl (C=O) groups excluding carboxylic acids is 2. The Morgan fingerprint density at radius 1 is 1.18 bits per heavy atom. The van der Waals surface area contributed by atoms with Crippen molar-refractivity contribution in [3.05, 3.63) is 60.1 Å². The third-order valence-electron chi connectivity index (χ3n) is 2.79. The predicted molar refractivity (Wildman–Crippen MR) is 80.7 cm³/mol. The molecule has 0 saturated heterocycles. The van der Waals surface area contributed by atoms with Gasteiger partial charge in [-0.15, -0.1) is 0 Å². The monoisotopic (exact) mass is 300 g/mol. The van der Waals surface area contributed by atoms with Gasteiger partial charge in [0, 0.05) is 6.08 Å². The molecule has 0 aliphatic carbocycles. The summed E-state index contributed by atoms with van der Waals surface area (Å²) in [7, 11) is 1.58. The van der Waals surface area contributed by atoms with Crippen molar-refractivity contribution in [1.82, 2.24) is 10.9 Å². The molecular weight excluding hydrogens is 284 g/mol. The lowest BCUT2D eigenvalue weighted by Crippen LogP contribution is -2.41. The van der Waals surface area contributed by atoms with Crippen LogP contribution in [0.15, 0.2) is 53.2 Å². The Hall–Kier alpha value is -3.02. The normalized spacial score (nSPS) is 10.4. The van der Waals surface area contributed by atoms with E-state index in [1.165, 1.54) is 18.4 Å². The molecular formula is C16H16N2O4. The van der Waals surface area contributed by atoms with Crippen molar-refractivity contribution in [3.8, 4) is 5.75 Å². The van der Waals surface area contributed by atoms with Crippen LogP contribution in [-0.4, -0.2) is 18.9 Å². The molecule has 0 spiro atoms. The molecule has 0 unspecified atom stereocenters. The summed E-state index contributed by atoms with van der Waals surface area (Å²) in [6.45, 7) is 0. The third-order valence-corrected chi connectivity index (χ3v) is 2.79. The van der Waals surface area contributed by atoms with Gasteiger partial charge in [0.05, 0.1) is 19.8 Å². The molecule has 114 valence electrons. The lowest BCUT2D eigenvalue weighted by molar-refractivity contribution is -0.126. The second-order valence-electron chi connectivity index (χ2n) is 4.41. The number of furan rings is 1. The number of ether oxygens (including phenoxy) is 1. The molecule has 0 aliphatic heterocycles. The van der Waals surface area contributed by atoms with Gasteiger partial charge in [-0.1, -0.05) is 12.1 Å². The molecule has 0 saturated carbocycles. The molecule has 22 heavy (non-hydrogen) atoms. The zero-order valence-corrected chi connectivity index (χ0v) is 12.0. The number of nitrogens with one attached hydrogen (secondary N) is 2. The lowest BCUT2D eigenvalue weighted by atomic mass is 10.1. The van der Waals surface area contributed by atoms with E-state index in [4.69, 9.17) is 9.15 Å². The van der Waals surface area contributed by atoms with Gasteiger partial charge >= 0.3 is 0 Å². The summed E-state index contributed by atoms with van der Waals surface area (Å²) >= 11 is 0. The van der Waals surface area contributed by atoms with Crippen molar-refractivity contribution in [3.63, 3.8) is 0 Å². The molecule has 0 bridgehead atoms. The maximum absolute atomic E-state index is 11.7. The Bertz CT molecular complexity index is 645. The molecule has 2 amide bonds. The summed E-state index contributed by atoms with van der Waals surface area (Å²) in [5.74, 6) is 0.518. The first-order chi connectivity index (χ1) is 10.7. The van der Waals surface area contributed by atoms with Crippen LogP contribution in [-0.2, 0) is 16.0 Å². The highest BCUT2D eigenvalue weighted by molar-refractivity contribution is 5.93.